The second-order valence-corrected chi connectivity index (χ2v) is 7.36. The van der Waals surface area contributed by atoms with Crippen LogP contribution in [-0.4, -0.2) is 19.9 Å². The van der Waals surface area contributed by atoms with Gasteiger partial charge in [-0.1, -0.05) is 13.8 Å². The number of H-pyrrole nitrogens is 1. The second-order valence-electron chi connectivity index (χ2n) is 6.50. The normalized spacial score (nSPS) is 11.3. The average molecular weight is 426 g/mol. The van der Waals surface area contributed by atoms with Crippen LogP contribution < -0.4 is 5.32 Å². The molecule has 0 spiro atoms. The molecule has 4 aromatic rings. The van der Waals surface area contributed by atoms with Gasteiger partial charge in [-0.3, -0.25) is 0 Å². The molecule has 3 heterocycles. The van der Waals surface area contributed by atoms with Crippen molar-refractivity contribution in [2.75, 3.05) is 5.32 Å². The molecule has 136 valence electrons. The molecule has 7 heteroatoms. The Hall–Kier alpha value is -2.80. The van der Waals surface area contributed by atoms with E-state index in [-0.39, 0.29) is 11.7 Å². The van der Waals surface area contributed by atoms with E-state index in [1.165, 1.54) is 12.1 Å². The van der Waals surface area contributed by atoms with E-state index in [9.17, 15) is 4.39 Å². The van der Waals surface area contributed by atoms with Gasteiger partial charge in [-0.2, -0.15) is 0 Å². The van der Waals surface area contributed by atoms with E-state index in [1.807, 2.05) is 18.5 Å². The molecule has 0 amide bonds. The van der Waals surface area contributed by atoms with E-state index in [1.54, 1.807) is 18.3 Å². The van der Waals surface area contributed by atoms with E-state index in [0.29, 0.717) is 5.82 Å². The van der Waals surface area contributed by atoms with Gasteiger partial charge in [0.05, 0.1) is 11.1 Å². The molecule has 0 radical (unpaired) electrons. The monoisotopic (exact) mass is 425 g/mol. The Balaban J connectivity index is 1.81. The number of rotatable bonds is 4. The maximum Gasteiger partial charge on any atom is 0.161 e. The number of benzene rings is 1. The maximum atomic E-state index is 13.2. The number of halogens is 2. The van der Waals surface area contributed by atoms with Gasteiger partial charge in [0.15, 0.2) is 5.82 Å². The fourth-order valence-corrected chi connectivity index (χ4v) is 3.42. The molecule has 0 bridgehead atoms. The Labute approximate surface area is 164 Å². The Morgan fingerprint density at radius 3 is 2.63 bits per heavy atom. The molecule has 1 aromatic carbocycles. The molecule has 0 fully saturated rings. The number of pyridine rings is 1. The van der Waals surface area contributed by atoms with Crippen molar-refractivity contribution in [3.63, 3.8) is 0 Å². The summed E-state index contributed by atoms with van der Waals surface area (Å²) in [4.78, 5) is 16.7. The van der Waals surface area contributed by atoms with Crippen molar-refractivity contribution in [3.05, 3.63) is 64.8 Å². The first-order valence-corrected chi connectivity index (χ1v) is 9.33. The maximum absolute atomic E-state index is 13.2. The van der Waals surface area contributed by atoms with Crippen molar-refractivity contribution in [1.29, 1.82) is 0 Å². The van der Waals surface area contributed by atoms with Crippen LogP contribution in [0.2, 0.25) is 0 Å². The number of hydrogen-bond acceptors (Lipinski definition) is 4. The minimum Gasteiger partial charge on any atom is -0.345 e. The number of nitrogens with zero attached hydrogens (tertiary/aromatic N) is 3. The predicted molar refractivity (Wildman–Crippen MR) is 109 cm³/mol. The molecule has 0 atom stereocenters. The number of aromatic amines is 1. The fraction of sp³-hybridized carbons (Fsp3) is 0.150. The molecule has 2 N–H and O–H groups in total. The number of nitrogens with one attached hydrogen (secondary N) is 2. The first kappa shape index (κ1) is 17.6. The first-order valence-electron chi connectivity index (χ1n) is 8.54. The Kier molecular flexibility index (Phi) is 4.61. The SMILES string of the molecule is CC(C)c1cnc(-c2ccc(F)cc2)nc1Nc1ccnc2[nH]cc(Br)c12. The summed E-state index contributed by atoms with van der Waals surface area (Å²) < 4.78 is 14.2. The molecular formula is C20H17BrFN5. The minimum atomic E-state index is -0.285. The zero-order chi connectivity index (χ0) is 19.0. The minimum absolute atomic E-state index is 0.238. The van der Waals surface area contributed by atoms with Crippen LogP contribution in [0.5, 0.6) is 0 Å². The van der Waals surface area contributed by atoms with Crippen LogP contribution in [0.4, 0.5) is 15.9 Å². The van der Waals surface area contributed by atoms with Gasteiger partial charge in [0.1, 0.15) is 17.3 Å². The third-order valence-electron chi connectivity index (χ3n) is 4.32. The van der Waals surface area contributed by atoms with E-state index >= 15 is 0 Å². The molecular weight excluding hydrogens is 409 g/mol. The zero-order valence-corrected chi connectivity index (χ0v) is 16.4. The highest BCUT2D eigenvalue weighted by Crippen LogP contribution is 2.33. The number of fused-ring (bicyclic) bond motifs is 1. The lowest BCUT2D eigenvalue weighted by molar-refractivity contribution is 0.628. The quantitative estimate of drug-likeness (QED) is 0.434. The Morgan fingerprint density at radius 1 is 1.11 bits per heavy atom. The topological polar surface area (TPSA) is 66.5 Å². The summed E-state index contributed by atoms with van der Waals surface area (Å²) in [7, 11) is 0. The molecule has 0 saturated carbocycles. The van der Waals surface area contributed by atoms with Crippen LogP contribution in [0.1, 0.15) is 25.3 Å². The summed E-state index contributed by atoms with van der Waals surface area (Å²) in [5.74, 6) is 1.22. The van der Waals surface area contributed by atoms with Crippen molar-refractivity contribution >= 4 is 38.5 Å². The molecule has 3 aromatic heterocycles. The number of hydrogen-bond donors (Lipinski definition) is 2. The van der Waals surface area contributed by atoms with Crippen LogP contribution in [0.3, 0.4) is 0 Å². The molecule has 0 aliphatic carbocycles. The molecule has 4 rings (SSSR count). The molecule has 5 nitrogen and oxygen atoms in total. The van der Waals surface area contributed by atoms with Crippen LogP contribution in [0, 0.1) is 5.82 Å². The second kappa shape index (κ2) is 7.08. The lowest BCUT2D eigenvalue weighted by Crippen LogP contribution is -2.04. The van der Waals surface area contributed by atoms with Crippen molar-refractivity contribution < 1.29 is 4.39 Å². The van der Waals surface area contributed by atoms with Gasteiger partial charge >= 0.3 is 0 Å². The predicted octanol–water partition coefficient (Wildman–Crippen LogP) is 5.79. The van der Waals surface area contributed by atoms with Gasteiger partial charge in [-0.05, 0) is 52.2 Å². The molecule has 0 unspecified atom stereocenters. The Morgan fingerprint density at radius 2 is 1.89 bits per heavy atom. The van der Waals surface area contributed by atoms with Crippen LogP contribution in [-0.2, 0) is 0 Å². The smallest absolute Gasteiger partial charge is 0.161 e. The lowest BCUT2D eigenvalue weighted by Gasteiger charge is -2.15. The lowest BCUT2D eigenvalue weighted by atomic mass is 10.1. The molecule has 27 heavy (non-hydrogen) atoms. The molecule has 0 aliphatic heterocycles. The van der Waals surface area contributed by atoms with Crippen molar-refractivity contribution in [2.24, 2.45) is 0 Å². The van der Waals surface area contributed by atoms with E-state index in [2.05, 4.69) is 50.0 Å². The summed E-state index contributed by atoms with van der Waals surface area (Å²) >= 11 is 3.56. The van der Waals surface area contributed by atoms with Gasteiger partial charge in [-0.15, -0.1) is 0 Å². The van der Waals surface area contributed by atoms with Crippen molar-refractivity contribution in [3.8, 4) is 11.4 Å². The van der Waals surface area contributed by atoms with Crippen LogP contribution >= 0.6 is 15.9 Å². The van der Waals surface area contributed by atoms with Gasteiger partial charge < -0.3 is 10.3 Å². The third-order valence-corrected chi connectivity index (χ3v) is 4.95. The third kappa shape index (κ3) is 3.42. The highest BCUT2D eigenvalue weighted by molar-refractivity contribution is 9.10. The summed E-state index contributed by atoms with van der Waals surface area (Å²) in [6.45, 7) is 4.19. The average Bonchev–Trinajstić information content (AvgIpc) is 3.04. The van der Waals surface area contributed by atoms with E-state index in [0.717, 1.165) is 38.1 Å². The van der Waals surface area contributed by atoms with Crippen LogP contribution in [0.25, 0.3) is 22.4 Å². The molecule has 0 aliphatic rings. The van der Waals surface area contributed by atoms with Crippen molar-refractivity contribution in [1.82, 2.24) is 19.9 Å². The largest absolute Gasteiger partial charge is 0.345 e. The van der Waals surface area contributed by atoms with Gasteiger partial charge in [0.2, 0.25) is 0 Å². The fourth-order valence-electron chi connectivity index (χ4n) is 2.90. The summed E-state index contributed by atoms with van der Waals surface area (Å²) in [5, 5.41) is 4.38. The van der Waals surface area contributed by atoms with Crippen LogP contribution in [0.15, 0.2) is 53.4 Å². The summed E-state index contributed by atoms with van der Waals surface area (Å²) in [5.41, 5.74) is 3.43. The highest BCUT2D eigenvalue weighted by atomic mass is 79.9. The highest BCUT2D eigenvalue weighted by Gasteiger charge is 2.15. The zero-order valence-electron chi connectivity index (χ0n) is 14.8. The standard InChI is InChI=1S/C20H17BrFN5/c1-11(2)14-9-24-18(12-3-5-13(22)6-4-12)27-19(14)26-16-7-8-23-20-17(16)15(21)10-25-20/h3-11H,1-2H3,(H2,23,24,25,26,27). The van der Waals surface area contributed by atoms with Crippen molar-refractivity contribution in [2.45, 2.75) is 19.8 Å². The summed E-state index contributed by atoms with van der Waals surface area (Å²) in [6.07, 6.45) is 5.42. The Bertz CT molecular complexity index is 1110. The number of aromatic nitrogens is 4. The number of anilines is 2. The van der Waals surface area contributed by atoms with E-state index < -0.39 is 0 Å². The molecule has 0 saturated heterocycles. The van der Waals surface area contributed by atoms with E-state index in [4.69, 9.17) is 4.98 Å². The van der Waals surface area contributed by atoms with Gasteiger partial charge in [0, 0.05) is 34.2 Å². The van der Waals surface area contributed by atoms with Gasteiger partial charge in [0.25, 0.3) is 0 Å². The first-order chi connectivity index (χ1) is 13.0. The summed E-state index contributed by atoms with van der Waals surface area (Å²) in [6, 6.07) is 8.08. The van der Waals surface area contributed by atoms with Gasteiger partial charge in [-0.25, -0.2) is 19.3 Å².